The minimum absolute atomic E-state index is 0.00856. The van der Waals surface area contributed by atoms with E-state index in [9.17, 15) is 9.59 Å². The zero-order valence-corrected chi connectivity index (χ0v) is 8.57. The van der Waals surface area contributed by atoms with Crippen LogP contribution in [0.4, 0.5) is 0 Å². The lowest BCUT2D eigenvalue weighted by atomic mass is 10.1. The summed E-state index contributed by atoms with van der Waals surface area (Å²) in [4.78, 5) is 21.7. The van der Waals surface area contributed by atoms with Crippen LogP contribution in [0.15, 0.2) is 42.1 Å². The largest absolute Gasteiger partial charge is 0.381 e. The topological polar surface area (TPSA) is 46.2 Å². The molecule has 0 bridgehead atoms. The second-order valence-corrected chi connectivity index (χ2v) is 3.13. The molecule has 0 aromatic heterocycles. The molecule has 0 unspecified atom stereocenters. The van der Waals surface area contributed by atoms with Crippen molar-refractivity contribution in [1.82, 2.24) is 5.32 Å². The highest BCUT2D eigenvalue weighted by Gasteiger charge is 2.03. The fraction of sp³-hybridized carbons (Fsp3) is 0.167. The molecule has 0 aliphatic rings. The Balaban J connectivity index is 2.51. The molecule has 1 aromatic carbocycles. The van der Waals surface area contributed by atoms with Gasteiger partial charge in [0.05, 0.1) is 6.54 Å². The number of aldehydes is 1. The van der Waals surface area contributed by atoms with Gasteiger partial charge in [0.15, 0.2) is 5.78 Å². The number of benzene rings is 1. The maximum absolute atomic E-state index is 11.6. The van der Waals surface area contributed by atoms with Crippen LogP contribution in [0, 0.1) is 0 Å². The van der Waals surface area contributed by atoms with Crippen molar-refractivity contribution in [2.75, 3.05) is 6.54 Å². The van der Waals surface area contributed by atoms with Crippen LogP contribution in [0.2, 0.25) is 0 Å². The molecule has 0 fully saturated rings. The fourth-order valence-corrected chi connectivity index (χ4v) is 1.11. The highest BCUT2D eigenvalue weighted by atomic mass is 16.1. The third-order valence-corrected chi connectivity index (χ3v) is 1.94. The van der Waals surface area contributed by atoms with Crippen molar-refractivity contribution < 1.29 is 9.59 Å². The Labute approximate surface area is 88.8 Å². The van der Waals surface area contributed by atoms with Crippen molar-refractivity contribution in [1.29, 1.82) is 0 Å². The van der Waals surface area contributed by atoms with Crippen LogP contribution in [0.1, 0.15) is 17.3 Å². The van der Waals surface area contributed by atoms with E-state index in [0.29, 0.717) is 17.5 Å². The first-order valence-electron chi connectivity index (χ1n) is 4.68. The summed E-state index contributed by atoms with van der Waals surface area (Å²) in [5.41, 5.74) is 1.36. The van der Waals surface area contributed by atoms with Crippen molar-refractivity contribution in [3.8, 4) is 0 Å². The summed E-state index contributed by atoms with van der Waals surface area (Å²) in [5, 5.41) is 2.86. The second kappa shape index (κ2) is 5.75. The molecule has 0 atom stereocenters. The predicted molar refractivity (Wildman–Crippen MR) is 58.6 cm³/mol. The summed E-state index contributed by atoms with van der Waals surface area (Å²) in [7, 11) is 0. The van der Waals surface area contributed by atoms with E-state index in [4.69, 9.17) is 0 Å². The van der Waals surface area contributed by atoms with Gasteiger partial charge in [0.2, 0.25) is 0 Å². The lowest BCUT2D eigenvalue weighted by Crippen LogP contribution is -2.21. The lowest BCUT2D eigenvalue weighted by Gasteiger charge is -2.04. The Kier molecular flexibility index (Phi) is 4.29. The number of nitrogens with one attached hydrogen (secondary N) is 1. The quantitative estimate of drug-likeness (QED) is 0.449. The van der Waals surface area contributed by atoms with Crippen LogP contribution in [0.5, 0.6) is 0 Å². The molecule has 1 N–H and O–H groups in total. The van der Waals surface area contributed by atoms with Gasteiger partial charge in [-0.2, -0.15) is 0 Å². The first kappa shape index (κ1) is 11.2. The van der Waals surface area contributed by atoms with E-state index in [1.54, 1.807) is 19.1 Å². The summed E-state index contributed by atoms with van der Waals surface area (Å²) in [6.07, 6.45) is 2.08. The number of allylic oxidation sites excluding steroid dienone is 2. The second-order valence-electron chi connectivity index (χ2n) is 3.13. The van der Waals surface area contributed by atoms with Crippen LogP contribution in [0.25, 0.3) is 0 Å². The molecule has 0 heterocycles. The van der Waals surface area contributed by atoms with Crippen molar-refractivity contribution in [2.24, 2.45) is 0 Å². The van der Waals surface area contributed by atoms with Crippen LogP contribution in [0.3, 0.4) is 0 Å². The van der Waals surface area contributed by atoms with Gasteiger partial charge < -0.3 is 5.32 Å². The Morgan fingerprint density at radius 2 is 2.00 bits per heavy atom. The predicted octanol–water partition coefficient (Wildman–Crippen LogP) is 1.56. The van der Waals surface area contributed by atoms with Gasteiger partial charge >= 0.3 is 0 Å². The van der Waals surface area contributed by atoms with Crippen molar-refractivity contribution >= 4 is 12.1 Å². The van der Waals surface area contributed by atoms with Crippen molar-refractivity contribution in [3.63, 3.8) is 0 Å². The van der Waals surface area contributed by atoms with Gasteiger partial charge in [0.1, 0.15) is 6.29 Å². The molecule has 0 saturated heterocycles. The first-order valence-corrected chi connectivity index (χ1v) is 4.68. The molecule has 0 amide bonds. The Hall–Kier alpha value is -1.90. The average molecular weight is 203 g/mol. The molecule has 3 nitrogen and oxygen atoms in total. The van der Waals surface area contributed by atoms with Crippen LogP contribution < -0.4 is 5.32 Å². The van der Waals surface area contributed by atoms with E-state index in [-0.39, 0.29) is 12.3 Å². The zero-order valence-electron chi connectivity index (χ0n) is 8.57. The Bertz CT molecular complexity index is 368. The van der Waals surface area contributed by atoms with Gasteiger partial charge in [-0.3, -0.25) is 9.59 Å². The van der Waals surface area contributed by atoms with Gasteiger partial charge in [-0.1, -0.05) is 30.3 Å². The fourth-order valence-electron chi connectivity index (χ4n) is 1.11. The number of carbonyl (C=O) groups excluding carboxylic acids is 2. The minimum Gasteiger partial charge on any atom is -0.381 e. The molecule has 1 rings (SSSR count). The molecule has 0 radical (unpaired) electrons. The smallest absolute Gasteiger partial charge is 0.181 e. The molecule has 0 aliphatic carbocycles. The summed E-state index contributed by atoms with van der Waals surface area (Å²) in [5.74, 6) is 0.00856. The van der Waals surface area contributed by atoms with Crippen LogP contribution in [-0.2, 0) is 4.79 Å². The summed E-state index contributed by atoms with van der Waals surface area (Å²) in [6, 6.07) is 9.04. The summed E-state index contributed by atoms with van der Waals surface area (Å²) in [6.45, 7) is 1.95. The first-order chi connectivity index (χ1) is 7.24. The number of hydrogen-bond donors (Lipinski definition) is 1. The third-order valence-electron chi connectivity index (χ3n) is 1.94. The van der Waals surface area contributed by atoms with E-state index in [2.05, 4.69) is 5.32 Å². The molecule has 0 saturated carbocycles. The molecular weight excluding hydrogens is 190 g/mol. The summed E-state index contributed by atoms with van der Waals surface area (Å²) < 4.78 is 0. The van der Waals surface area contributed by atoms with E-state index in [0.717, 1.165) is 0 Å². The van der Waals surface area contributed by atoms with E-state index in [1.807, 2.05) is 18.2 Å². The number of hydrogen-bond acceptors (Lipinski definition) is 3. The normalized spacial score (nSPS) is 10.9. The number of ketones is 1. The van der Waals surface area contributed by atoms with E-state index >= 15 is 0 Å². The Morgan fingerprint density at radius 1 is 1.33 bits per heavy atom. The van der Waals surface area contributed by atoms with Crippen molar-refractivity contribution in [2.45, 2.75) is 6.92 Å². The highest BCUT2D eigenvalue weighted by molar-refractivity contribution is 5.97. The molecule has 1 aromatic rings. The zero-order chi connectivity index (χ0) is 11.1. The monoisotopic (exact) mass is 203 g/mol. The minimum atomic E-state index is 0.00856. The average Bonchev–Trinajstić information content (AvgIpc) is 2.27. The molecular formula is C12H13NO2. The van der Waals surface area contributed by atoms with Gasteiger partial charge in [0.25, 0.3) is 0 Å². The maximum atomic E-state index is 11.6. The van der Waals surface area contributed by atoms with Gasteiger partial charge in [-0.15, -0.1) is 0 Å². The van der Waals surface area contributed by atoms with E-state index in [1.165, 1.54) is 6.08 Å². The van der Waals surface area contributed by atoms with E-state index < -0.39 is 0 Å². The third kappa shape index (κ3) is 3.77. The number of carbonyl (C=O) groups is 2. The lowest BCUT2D eigenvalue weighted by molar-refractivity contribution is -0.104. The molecule has 0 aliphatic heterocycles. The van der Waals surface area contributed by atoms with Crippen LogP contribution in [-0.4, -0.2) is 18.6 Å². The molecule has 15 heavy (non-hydrogen) atoms. The maximum Gasteiger partial charge on any atom is 0.181 e. The SMILES string of the molecule is C/C(=C/C=O)NCC(=O)c1ccccc1. The van der Waals surface area contributed by atoms with Gasteiger partial charge in [-0.05, 0) is 13.0 Å². The summed E-state index contributed by atoms with van der Waals surface area (Å²) >= 11 is 0. The Morgan fingerprint density at radius 3 is 2.60 bits per heavy atom. The number of rotatable bonds is 5. The molecule has 3 heteroatoms. The molecule has 0 spiro atoms. The molecule has 78 valence electrons. The highest BCUT2D eigenvalue weighted by Crippen LogP contribution is 1.99. The van der Waals surface area contributed by atoms with Gasteiger partial charge in [0, 0.05) is 11.3 Å². The van der Waals surface area contributed by atoms with Crippen LogP contribution >= 0.6 is 0 Å². The van der Waals surface area contributed by atoms with Crippen molar-refractivity contribution in [3.05, 3.63) is 47.7 Å². The number of Topliss-reactive ketones (excluding diaryl/α,β-unsaturated/α-hetero) is 1. The van der Waals surface area contributed by atoms with Gasteiger partial charge in [-0.25, -0.2) is 0 Å². The standard InChI is InChI=1S/C12H13NO2/c1-10(7-8-14)13-9-12(15)11-5-3-2-4-6-11/h2-8,13H,9H2,1H3/b10-7-.